The van der Waals surface area contributed by atoms with E-state index in [2.05, 4.69) is 0 Å². The minimum absolute atomic E-state index is 0.274. The summed E-state index contributed by atoms with van der Waals surface area (Å²) in [6, 6.07) is 7.12. The molecule has 1 aromatic carbocycles. The van der Waals surface area contributed by atoms with Crippen LogP contribution in [0.5, 0.6) is 0 Å². The van der Waals surface area contributed by atoms with Crippen molar-refractivity contribution in [2.45, 2.75) is 50.0 Å². The number of rotatable bonds is 2. The molecule has 0 N–H and O–H groups in total. The van der Waals surface area contributed by atoms with Gasteiger partial charge in [-0.05, 0) is 57.2 Å². The van der Waals surface area contributed by atoms with Gasteiger partial charge in [0.2, 0.25) is 0 Å². The van der Waals surface area contributed by atoms with Crippen LogP contribution in [-0.2, 0) is 14.6 Å². The van der Waals surface area contributed by atoms with Crippen LogP contribution >= 0.6 is 0 Å². The summed E-state index contributed by atoms with van der Waals surface area (Å²) in [4.78, 5) is 14.1. The Hall–Kier alpha value is -1.56. The summed E-state index contributed by atoms with van der Waals surface area (Å²) >= 11 is 0. The molecule has 128 valence electrons. The van der Waals surface area contributed by atoms with E-state index in [-0.39, 0.29) is 12.0 Å². The van der Waals surface area contributed by atoms with Gasteiger partial charge in [0, 0.05) is 19.3 Å². The lowest BCUT2D eigenvalue weighted by Gasteiger charge is -2.33. The van der Waals surface area contributed by atoms with Gasteiger partial charge in [-0.25, -0.2) is 13.2 Å². The fourth-order valence-electron chi connectivity index (χ4n) is 2.72. The average Bonchev–Trinajstić information content (AvgIpc) is 2.45. The quantitative estimate of drug-likeness (QED) is 0.830. The van der Waals surface area contributed by atoms with Crippen molar-refractivity contribution >= 4 is 15.9 Å². The van der Waals surface area contributed by atoms with Crippen LogP contribution in [0.25, 0.3) is 0 Å². The van der Waals surface area contributed by atoms with Crippen molar-refractivity contribution in [1.29, 1.82) is 0 Å². The molecule has 0 bridgehead atoms. The van der Waals surface area contributed by atoms with Gasteiger partial charge in [0.1, 0.15) is 5.60 Å². The van der Waals surface area contributed by atoms with Crippen LogP contribution in [0.15, 0.2) is 29.2 Å². The number of piperidine rings is 1. The van der Waals surface area contributed by atoms with Crippen LogP contribution in [0.3, 0.4) is 0 Å². The van der Waals surface area contributed by atoms with E-state index in [0.29, 0.717) is 18.0 Å². The first-order valence-electron chi connectivity index (χ1n) is 7.84. The third-order valence-corrected chi connectivity index (χ3v) is 5.01. The monoisotopic (exact) mass is 339 g/mol. The normalized spacial score (nSPS) is 17.1. The Morgan fingerprint density at radius 2 is 1.83 bits per heavy atom. The van der Waals surface area contributed by atoms with Gasteiger partial charge in [-0.1, -0.05) is 12.1 Å². The number of amides is 1. The van der Waals surface area contributed by atoms with Crippen LogP contribution < -0.4 is 0 Å². The number of hydrogen-bond acceptors (Lipinski definition) is 4. The van der Waals surface area contributed by atoms with Crippen LogP contribution in [0.4, 0.5) is 4.79 Å². The molecule has 2 rings (SSSR count). The number of ether oxygens (including phenoxy) is 1. The highest BCUT2D eigenvalue weighted by molar-refractivity contribution is 7.90. The van der Waals surface area contributed by atoms with Gasteiger partial charge >= 0.3 is 6.09 Å². The fraction of sp³-hybridized carbons (Fsp3) is 0.588. The molecule has 1 aliphatic rings. The molecule has 5 nitrogen and oxygen atoms in total. The van der Waals surface area contributed by atoms with E-state index in [4.69, 9.17) is 4.74 Å². The van der Waals surface area contributed by atoms with Crippen LogP contribution in [-0.4, -0.2) is 44.4 Å². The van der Waals surface area contributed by atoms with Gasteiger partial charge in [-0.3, -0.25) is 0 Å². The number of carbonyl (C=O) groups is 1. The van der Waals surface area contributed by atoms with E-state index < -0.39 is 15.4 Å². The Labute approximate surface area is 138 Å². The highest BCUT2D eigenvalue weighted by atomic mass is 32.2. The molecule has 1 saturated heterocycles. The van der Waals surface area contributed by atoms with Crippen molar-refractivity contribution in [3.8, 4) is 0 Å². The van der Waals surface area contributed by atoms with E-state index in [1.807, 2.05) is 26.8 Å². The van der Waals surface area contributed by atoms with Crippen molar-refractivity contribution in [1.82, 2.24) is 4.90 Å². The fourth-order valence-corrected chi connectivity index (χ4v) is 3.40. The summed E-state index contributed by atoms with van der Waals surface area (Å²) in [6.45, 7) is 6.82. The maximum Gasteiger partial charge on any atom is 0.410 e. The Morgan fingerprint density at radius 3 is 2.35 bits per heavy atom. The summed E-state index contributed by atoms with van der Waals surface area (Å²) < 4.78 is 28.7. The van der Waals surface area contributed by atoms with Crippen molar-refractivity contribution in [3.05, 3.63) is 29.8 Å². The molecule has 0 radical (unpaired) electrons. The van der Waals surface area contributed by atoms with E-state index >= 15 is 0 Å². The topological polar surface area (TPSA) is 63.7 Å². The predicted molar refractivity (Wildman–Crippen MR) is 89.3 cm³/mol. The molecule has 0 aromatic heterocycles. The summed E-state index contributed by atoms with van der Waals surface area (Å²) in [5.74, 6) is 0.274. The molecule has 23 heavy (non-hydrogen) atoms. The zero-order valence-electron chi connectivity index (χ0n) is 14.2. The van der Waals surface area contributed by atoms with E-state index in [0.717, 1.165) is 18.4 Å². The Bertz CT molecular complexity index is 668. The second-order valence-corrected chi connectivity index (χ2v) is 9.10. The van der Waals surface area contributed by atoms with Crippen molar-refractivity contribution in [2.24, 2.45) is 0 Å². The second kappa shape index (κ2) is 6.51. The molecular weight excluding hydrogens is 314 g/mol. The smallest absolute Gasteiger partial charge is 0.410 e. The van der Waals surface area contributed by atoms with Gasteiger partial charge in [-0.15, -0.1) is 0 Å². The highest BCUT2D eigenvalue weighted by Crippen LogP contribution is 2.30. The predicted octanol–water partition coefficient (Wildman–Crippen LogP) is 3.20. The van der Waals surface area contributed by atoms with Gasteiger partial charge in [0.25, 0.3) is 0 Å². The van der Waals surface area contributed by atoms with Gasteiger partial charge in [-0.2, -0.15) is 0 Å². The van der Waals surface area contributed by atoms with E-state index in [1.54, 1.807) is 23.1 Å². The van der Waals surface area contributed by atoms with Crippen molar-refractivity contribution in [3.63, 3.8) is 0 Å². The SMILES string of the molecule is CC(C)(C)OC(=O)N1CCC(c2cccc(S(C)(=O)=O)c2)CC1. The highest BCUT2D eigenvalue weighted by Gasteiger charge is 2.27. The first-order valence-corrected chi connectivity index (χ1v) is 9.73. The first-order chi connectivity index (χ1) is 10.6. The molecular formula is C17H25NO4S. The van der Waals surface area contributed by atoms with E-state index in [1.165, 1.54) is 6.26 Å². The minimum atomic E-state index is -3.19. The summed E-state index contributed by atoms with van der Waals surface area (Å²) in [5, 5.41) is 0. The van der Waals surface area contributed by atoms with Gasteiger partial charge in [0.15, 0.2) is 9.84 Å². The maximum atomic E-state index is 12.1. The first kappa shape index (κ1) is 17.8. The van der Waals surface area contributed by atoms with Gasteiger partial charge in [0.05, 0.1) is 4.90 Å². The molecule has 6 heteroatoms. The molecule has 0 unspecified atom stereocenters. The Kier molecular flexibility index (Phi) is 5.04. The minimum Gasteiger partial charge on any atom is -0.444 e. The Balaban J connectivity index is 2.01. The number of nitrogens with zero attached hydrogens (tertiary/aromatic N) is 1. The lowest BCUT2D eigenvalue weighted by atomic mass is 9.90. The molecule has 1 fully saturated rings. The number of benzene rings is 1. The standard InChI is InChI=1S/C17H25NO4S/c1-17(2,3)22-16(19)18-10-8-13(9-11-18)14-6-5-7-15(12-14)23(4,20)21/h5-7,12-13H,8-11H2,1-4H3. The van der Waals surface area contributed by atoms with Crippen molar-refractivity contribution in [2.75, 3.05) is 19.3 Å². The molecule has 0 aliphatic carbocycles. The second-order valence-electron chi connectivity index (χ2n) is 7.09. The van der Waals surface area contributed by atoms with Crippen LogP contribution in [0.1, 0.15) is 45.1 Å². The summed E-state index contributed by atoms with van der Waals surface area (Å²) in [6.07, 6.45) is 2.57. The molecule has 0 spiro atoms. The largest absolute Gasteiger partial charge is 0.444 e. The molecule has 1 aromatic rings. The van der Waals surface area contributed by atoms with E-state index in [9.17, 15) is 13.2 Å². The van der Waals surface area contributed by atoms with Gasteiger partial charge < -0.3 is 9.64 Å². The molecule has 1 heterocycles. The third kappa shape index (κ3) is 4.96. The third-order valence-electron chi connectivity index (χ3n) is 3.90. The molecule has 0 saturated carbocycles. The number of hydrogen-bond donors (Lipinski definition) is 0. The number of sulfone groups is 1. The van der Waals surface area contributed by atoms with Crippen molar-refractivity contribution < 1.29 is 17.9 Å². The zero-order chi connectivity index (χ0) is 17.3. The zero-order valence-corrected chi connectivity index (χ0v) is 15.0. The maximum absolute atomic E-state index is 12.1. The van der Waals surface area contributed by atoms with Crippen LogP contribution in [0, 0.1) is 0 Å². The number of likely N-dealkylation sites (tertiary alicyclic amines) is 1. The summed E-state index contributed by atoms with van der Waals surface area (Å²) in [7, 11) is -3.19. The average molecular weight is 339 g/mol. The molecule has 1 amide bonds. The lowest BCUT2D eigenvalue weighted by molar-refractivity contribution is 0.0205. The summed E-state index contributed by atoms with van der Waals surface area (Å²) in [5.41, 5.74) is 0.536. The molecule has 0 atom stereocenters. The Morgan fingerprint density at radius 1 is 1.22 bits per heavy atom. The lowest BCUT2D eigenvalue weighted by Crippen LogP contribution is -2.41. The number of carbonyl (C=O) groups excluding carboxylic acids is 1. The van der Waals surface area contributed by atoms with Crippen LogP contribution in [0.2, 0.25) is 0 Å². The molecule has 1 aliphatic heterocycles.